The van der Waals surface area contributed by atoms with Crippen LogP contribution in [-0.4, -0.2) is 29.7 Å². The van der Waals surface area contributed by atoms with Crippen LogP contribution in [0, 0.1) is 6.92 Å². The molecule has 3 aromatic carbocycles. The van der Waals surface area contributed by atoms with E-state index in [1.54, 1.807) is 36.5 Å². The smallest absolute Gasteiger partial charge is 0.254 e. The molecule has 0 bridgehead atoms. The van der Waals surface area contributed by atoms with Gasteiger partial charge in [-0.05, 0) is 78.7 Å². The van der Waals surface area contributed by atoms with Crippen LogP contribution in [0.25, 0.3) is 22.2 Å². The van der Waals surface area contributed by atoms with Crippen LogP contribution in [0.2, 0.25) is 0 Å². The van der Waals surface area contributed by atoms with Crippen molar-refractivity contribution in [2.75, 3.05) is 13.9 Å². The fraction of sp³-hybridized carbons (Fsp3) is 0.161. The number of hydrogen-bond acceptors (Lipinski definition) is 6. The highest BCUT2D eigenvalue weighted by Crippen LogP contribution is 2.34. The first-order valence-corrected chi connectivity index (χ1v) is 12.3. The molecule has 6 rings (SSSR count). The van der Waals surface area contributed by atoms with Gasteiger partial charge in [0.05, 0.1) is 31.1 Å². The molecule has 2 aromatic heterocycles. The van der Waals surface area contributed by atoms with E-state index in [0.29, 0.717) is 35.9 Å². The summed E-state index contributed by atoms with van der Waals surface area (Å²) < 4.78 is 21.9. The number of hydrogen-bond donors (Lipinski definition) is 0. The molecule has 190 valence electrons. The minimum absolute atomic E-state index is 0.148. The first-order valence-electron chi connectivity index (χ1n) is 12.3. The number of furan rings is 1. The number of pyridine rings is 1. The summed E-state index contributed by atoms with van der Waals surface area (Å²) in [5, 5.41) is 1.02. The normalized spacial score (nSPS) is 12.1. The number of benzene rings is 3. The number of carbonyl (C=O) groups is 1. The van der Waals surface area contributed by atoms with Crippen LogP contribution in [0.3, 0.4) is 0 Å². The van der Waals surface area contributed by atoms with E-state index in [2.05, 4.69) is 19.1 Å². The van der Waals surface area contributed by atoms with Gasteiger partial charge in [-0.2, -0.15) is 0 Å². The minimum Gasteiger partial charge on any atom is -0.497 e. The third-order valence-corrected chi connectivity index (χ3v) is 6.68. The average molecular weight is 507 g/mol. The maximum atomic E-state index is 13.9. The lowest BCUT2D eigenvalue weighted by Crippen LogP contribution is -2.30. The van der Waals surface area contributed by atoms with E-state index in [0.717, 1.165) is 39.0 Å². The number of para-hydroxylation sites is 1. The molecule has 0 saturated carbocycles. The maximum absolute atomic E-state index is 13.9. The fourth-order valence-electron chi connectivity index (χ4n) is 4.72. The summed E-state index contributed by atoms with van der Waals surface area (Å²) >= 11 is 0. The summed E-state index contributed by atoms with van der Waals surface area (Å²) in [5.74, 6) is 2.51. The van der Waals surface area contributed by atoms with E-state index in [1.807, 2.05) is 48.5 Å². The summed E-state index contributed by atoms with van der Waals surface area (Å²) in [7, 11) is 1.65. The number of carbonyl (C=O) groups excluding carboxylic acids is 1. The zero-order valence-electron chi connectivity index (χ0n) is 21.1. The second kappa shape index (κ2) is 9.94. The molecule has 0 unspecified atom stereocenters. The standard InChI is InChI=1S/C31H26N2O5/c1-20-5-3-6-22-15-24(30(32-29(20)22)21-8-11-25(35-2)12-9-21)17-33(18-26-7-4-14-36-26)31(34)23-10-13-27-28(16-23)38-19-37-27/h3-16H,17-19H2,1-2H3. The van der Waals surface area contributed by atoms with Crippen molar-refractivity contribution in [3.05, 3.63) is 108 Å². The maximum Gasteiger partial charge on any atom is 0.254 e. The van der Waals surface area contributed by atoms with Crippen molar-refractivity contribution in [2.45, 2.75) is 20.0 Å². The lowest BCUT2D eigenvalue weighted by molar-refractivity contribution is 0.0717. The summed E-state index contributed by atoms with van der Waals surface area (Å²) in [6.45, 7) is 2.83. The van der Waals surface area contributed by atoms with Crippen molar-refractivity contribution in [3.63, 3.8) is 0 Å². The Kier molecular flexibility index (Phi) is 6.17. The van der Waals surface area contributed by atoms with Gasteiger partial charge in [0.2, 0.25) is 6.79 Å². The summed E-state index contributed by atoms with van der Waals surface area (Å²) in [4.78, 5) is 20.7. The van der Waals surface area contributed by atoms with Crippen molar-refractivity contribution in [2.24, 2.45) is 0 Å². The molecule has 1 amide bonds. The predicted octanol–water partition coefficient (Wildman–Crippen LogP) is 6.38. The number of aryl methyl sites for hydroxylation is 1. The molecule has 5 aromatic rings. The summed E-state index contributed by atoms with van der Waals surface area (Å²) in [5.41, 5.74) is 5.22. The molecule has 0 fully saturated rings. The first-order chi connectivity index (χ1) is 18.6. The summed E-state index contributed by atoms with van der Waals surface area (Å²) in [6.07, 6.45) is 1.61. The number of ether oxygens (including phenoxy) is 3. The van der Waals surface area contributed by atoms with Crippen LogP contribution in [0.15, 0.2) is 89.5 Å². The van der Waals surface area contributed by atoms with Crippen LogP contribution >= 0.6 is 0 Å². The molecule has 38 heavy (non-hydrogen) atoms. The van der Waals surface area contributed by atoms with E-state index in [-0.39, 0.29) is 12.7 Å². The van der Waals surface area contributed by atoms with Crippen molar-refractivity contribution in [1.29, 1.82) is 0 Å². The SMILES string of the molecule is COc1ccc(-c2nc3c(C)cccc3cc2CN(Cc2ccco2)C(=O)c2ccc3c(c2)OCO3)cc1. The number of amides is 1. The van der Waals surface area contributed by atoms with E-state index < -0.39 is 0 Å². The van der Waals surface area contributed by atoms with Crippen molar-refractivity contribution in [1.82, 2.24) is 9.88 Å². The van der Waals surface area contributed by atoms with Crippen molar-refractivity contribution < 1.29 is 23.4 Å². The monoisotopic (exact) mass is 506 g/mol. The Morgan fingerprint density at radius 1 is 0.947 bits per heavy atom. The zero-order valence-corrected chi connectivity index (χ0v) is 21.1. The topological polar surface area (TPSA) is 74.0 Å². The number of rotatable bonds is 7. The second-order valence-corrected chi connectivity index (χ2v) is 9.18. The van der Waals surface area contributed by atoms with Crippen LogP contribution < -0.4 is 14.2 Å². The van der Waals surface area contributed by atoms with Gasteiger partial charge >= 0.3 is 0 Å². The van der Waals surface area contributed by atoms with Gasteiger partial charge in [0.1, 0.15) is 11.5 Å². The quantitative estimate of drug-likeness (QED) is 0.255. The van der Waals surface area contributed by atoms with Crippen LogP contribution in [0.4, 0.5) is 0 Å². The Morgan fingerprint density at radius 3 is 2.58 bits per heavy atom. The van der Waals surface area contributed by atoms with Gasteiger partial charge in [-0.3, -0.25) is 4.79 Å². The molecule has 0 radical (unpaired) electrons. The Labute approximate surface area is 220 Å². The molecule has 1 aliphatic rings. The molecular weight excluding hydrogens is 480 g/mol. The molecule has 0 aliphatic carbocycles. The van der Waals surface area contributed by atoms with E-state index in [9.17, 15) is 4.79 Å². The fourth-order valence-corrected chi connectivity index (χ4v) is 4.72. The Balaban J connectivity index is 1.44. The Bertz CT molecular complexity index is 1610. The predicted molar refractivity (Wildman–Crippen MR) is 143 cm³/mol. The highest BCUT2D eigenvalue weighted by molar-refractivity contribution is 5.95. The highest BCUT2D eigenvalue weighted by Gasteiger charge is 2.23. The zero-order chi connectivity index (χ0) is 26.1. The molecule has 0 N–H and O–H groups in total. The van der Waals surface area contributed by atoms with Gasteiger partial charge < -0.3 is 23.5 Å². The van der Waals surface area contributed by atoms with Gasteiger partial charge in [-0.15, -0.1) is 0 Å². The molecule has 0 atom stereocenters. The second-order valence-electron chi connectivity index (χ2n) is 9.18. The number of fused-ring (bicyclic) bond motifs is 2. The van der Waals surface area contributed by atoms with Crippen LogP contribution in [0.1, 0.15) is 27.2 Å². The Morgan fingerprint density at radius 2 is 1.79 bits per heavy atom. The van der Waals surface area contributed by atoms with Gasteiger partial charge in [0, 0.05) is 23.1 Å². The van der Waals surface area contributed by atoms with Gasteiger partial charge in [0.15, 0.2) is 11.5 Å². The van der Waals surface area contributed by atoms with E-state index in [1.165, 1.54) is 0 Å². The number of aromatic nitrogens is 1. The van der Waals surface area contributed by atoms with Crippen LogP contribution in [-0.2, 0) is 13.1 Å². The van der Waals surface area contributed by atoms with E-state index in [4.69, 9.17) is 23.6 Å². The van der Waals surface area contributed by atoms with Gasteiger partial charge in [-0.1, -0.05) is 18.2 Å². The molecule has 3 heterocycles. The largest absolute Gasteiger partial charge is 0.497 e. The minimum atomic E-state index is -0.148. The third kappa shape index (κ3) is 4.54. The molecule has 0 spiro atoms. The number of nitrogens with zero attached hydrogens (tertiary/aromatic N) is 2. The molecule has 1 aliphatic heterocycles. The third-order valence-electron chi connectivity index (χ3n) is 6.68. The number of methoxy groups -OCH3 is 1. The first kappa shape index (κ1) is 23.6. The molecule has 7 heteroatoms. The van der Waals surface area contributed by atoms with Crippen molar-refractivity contribution in [3.8, 4) is 28.5 Å². The lowest BCUT2D eigenvalue weighted by atomic mass is 10.0. The van der Waals surface area contributed by atoms with Gasteiger partial charge in [0.25, 0.3) is 5.91 Å². The van der Waals surface area contributed by atoms with E-state index >= 15 is 0 Å². The highest BCUT2D eigenvalue weighted by atomic mass is 16.7. The average Bonchev–Trinajstić information content (AvgIpc) is 3.64. The molecule has 7 nitrogen and oxygen atoms in total. The molecule has 0 saturated heterocycles. The van der Waals surface area contributed by atoms with Crippen LogP contribution in [0.5, 0.6) is 17.2 Å². The summed E-state index contributed by atoms with van der Waals surface area (Å²) in [6, 6.07) is 25.0. The Hall–Kier alpha value is -4.78. The lowest BCUT2D eigenvalue weighted by Gasteiger charge is -2.24. The van der Waals surface area contributed by atoms with Crippen molar-refractivity contribution >= 4 is 16.8 Å². The van der Waals surface area contributed by atoms with Gasteiger partial charge in [-0.25, -0.2) is 4.98 Å². The molecular formula is C31H26N2O5.